The van der Waals surface area contributed by atoms with Crippen molar-refractivity contribution in [3.8, 4) is 23.0 Å². The van der Waals surface area contributed by atoms with Crippen LogP contribution in [0, 0.1) is 10.1 Å². The molecule has 0 aliphatic rings. The van der Waals surface area contributed by atoms with E-state index in [9.17, 15) is 23.3 Å². The number of nitro benzene ring substituents is 1. The van der Waals surface area contributed by atoms with Crippen molar-refractivity contribution in [3.63, 3.8) is 0 Å². The number of carbonyl (C=O) groups excluding carboxylic acids is 1. The molecule has 2 aromatic carbocycles. The van der Waals surface area contributed by atoms with E-state index in [1.165, 1.54) is 52.7 Å². The van der Waals surface area contributed by atoms with Gasteiger partial charge < -0.3 is 18.9 Å². The Balaban J connectivity index is 2.33. The first-order valence-electron chi connectivity index (χ1n) is 8.50. The maximum absolute atomic E-state index is 12.8. The van der Waals surface area contributed by atoms with Crippen LogP contribution in [0.25, 0.3) is 0 Å². The van der Waals surface area contributed by atoms with Crippen LogP contribution in [-0.4, -0.2) is 53.3 Å². The number of methoxy groups -OCH3 is 4. The zero-order chi connectivity index (χ0) is 22.5. The second-order valence-electron chi connectivity index (χ2n) is 6.13. The Bertz CT molecular complexity index is 1040. The molecule has 10 nitrogen and oxygen atoms in total. The van der Waals surface area contributed by atoms with Crippen LogP contribution in [0.15, 0.2) is 30.3 Å². The van der Waals surface area contributed by atoms with Crippen molar-refractivity contribution < 1.29 is 37.1 Å². The van der Waals surface area contributed by atoms with E-state index < -0.39 is 32.0 Å². The van der Waals surface area contributed by atoms with E-state index in [1.807, 2.05) is 0 Å². The van der Waals surface area contributed by atoms with Gasteiger partial charge in [0.25, 0.3) is 0 Å². The number of carbonyl (C=O) groups is 1. The van der Waals surface area contributed by atoms with Crippen molar-refractivity contribution in [1.29, 1.82) is 0 Å². The number of ketones is 1. The number of Topliss-reactive ketones (excluding diaryl/α,β-unsaturated/α-hetero) is 1. The molecule has 0 saturated heterocycles. The molecule has 0 saturated carbocycles. The molecule has 0 heterocycles. The Hall–Kier alpha value is -3.34. The van der Waals surface area contributed by atoms with Gasteiger partial charge in [0.1, 0.15) is 28.6 Å². The molecule has 0 fully saturated rings. The molecule has 0 spiro atoms. The summed E-state index contributed by atoms with van der Waals surface area (Å²) < 4.78 is 45.6. The van der Waals surface area contributed by atoms with Crippen molar-refractivity contribution in [1.82, 2.24) is 0 Å². The predicted octanol–water partition coefficient (Wildman–Crippen LogP) is 2.43. The van der Waals surface area contributed by atoms with Crippen LogP contribution >= 0.6 is 0 Å². The maximum Gasteiger partial charge on any atom is 0.311 e. The summed E-state index contributed by atoms with van der Waals surface area (Å²) >= 11 is 0. The molecule has 0 bridgehead atoms. The molecule has 0 N–H and O–H groups in total. The minimum absolute atomic E-state index is 0.00456. The number of sulfone groups is 1. The maximum atomic E-state index is 12.8. The van der Waals surface area contributed by atoms with E-state index in [0.29, 0.717) is 5.75 Å². The van der Waals surface area contributed by atoms with Gasteiger partial charge in [0, 0.05) is 18.2 Å². The molecule has 11 heteroatoms. The third-order valence-corrected chi connectivity index (χ3v) is 5.65. The standard InChI is InChI=1S/C19H21NO9S/c1-26-13-8-17(28-3)19(18(9-13)29-4)15(21)11-30(24,25)10-12-5-6-16(27-2)14(7-12)20(22)23/h5-9H,10-11H2,1-4H3. The molecule has 162 valence electrons. The Morgan fingerprint density at radius 1 is 0.933 bits per heavy atom. The predicted molar refractivity (Wildman–Crippen MR) is 108 cm³/mol. The lowest BCUT2D eigenvalue weighted by molar-refractivity contribution is -0.385. The van der Waals surface area contributed by atoms with Gasteiger partial charge in [-0.15, -0.1) is 0 Å². The average molecular weight is 439 g/mol. The summed E-state index contributed by atoms with van der Waals surface area (Å²) in [7, 11) is 1.39. The third kappa shape index (κ3) is 5.17. The molecule has 2 aromatic rings. The highest BCUT2D eigenvalue weighted by molar-refractivity contribution is 7.91. The smallest absolute Gasteiger partial charge is 0.311 e. The second kappa shape index (κ2) is 9.44. The largest absolute Gasteiger partial charge is 0.496 e. The first-order chi connectivity index (χ1) is 14.1. The average Bonchev–Trinajstić information content (AvgIpc) is 2.71. The van der Waals surface area contributed by atoms with Crippen LogP contribution in [0.1, 0.15) is 15.9 Å². The molecule has 2 rings (SSSR count). The summed E-state index contributed by atoms with van der Waals surface area (Å²) in [5.74, 6) is -1.57. The minimum Gasteiger partial charge on any atom is -0.496 e. The molecular formula is C19H21NO9S. The van der Waals surface area contributed by atoms with Gasteiger partial charge in [0.05, 0.1) is 39.1 Å². The fourth-order valence-electron chi connectivity index (χ4n) is 2.83. The number of benzene rings is 2. The highest BCUT2D eigenvalue weighted by Gasteiger charge is 2.26. The number of hydrogen-bond donors (Lipinski definition) is 0. The van der Waals surface area contributed by atoms with E-state index in [-0.39, 0.29) is 34.1 Å². The van der Waals surface area contributed by atoms with E-state index in [2.05, 4.69) is 0 Å². The van der Waals surface area contributed by atoms with Gasteiger partial charge in [0.15, 0.2) is 21.4 Å². The van der Waals surface area contributed by atoms with Gasteiger partial charge >= 0.3 is 5.69 Å². The van der Waals surface area contributed by atoms with Crippen LogP contribution in [-0.2, 0) is 15.6 Å². The van der Waals surface area contributed by atoms with Gasteiger partial charge in [0.2, 0.25) is 0 Å². The lowest BCUT2D eigenvalue weighted by Crippen LogP contribution is -2.19. The number of rotatable bonds is 10. The van der Waals surface area contributed by atoms with Crippen LogP contribution in [0.2, 0.25) is 0 Å². The zero-order valence-corrected chi connectivity index (χ0v) is 17.6. The van der Waals surface area contributed by atoms with Gasteiger partial charge in [-0.25, -0.2) is 8.42 Å². The normalized spacial score (nSPS) is 10.9. The number of nitrogens with zero attached hydrogens (tertiary/aromatic N) is 1. The highest BCUT2D eigenvalue weighted by atomic mass is 32.2. The van der Waals surface area contributed by atoms with Crippen LogP contribution in [0.3, 0.4) is 0 Å². The van der Waals surface area contributed by atoms with Crippen molar-refractivity contribution in [2.45, 2.75) is 5.75 Å². The lowest BCUT2D eigenvalue weighted by atomic mass is 10.1. The first-order valence-corrected chi connectivity index (χ1v) is 10.3. The molecule has 0 aliphatic heterocycles. The highest BCUT2D eigenvalue weighted by Crippen LogP contribution is 2.35. The fraction of sp³-hybridized carbons (Fsp3) is 0.316. The summed E-state index contributed by atoms with van der Waals surface area (Å²) in [5.41, 5.74) is -0.246. The Labute approximate surface area is 173 Å². The van der Waals surface area contributed by atoms with Crippen LogP contribution < -0.4 is 18.9 Å². The van der Waals surface area contributed by atoms with E-state index in [1.54, 1.807) is 0 Å². The molecule has 0 amide bonds. The summed E-state index contributed by atoms with van der Waals surface area (Å²) in [5, 5.41) is 11.1. The molecule has 0 radical (unpaired) electrons. The van der Waals surface area contributed by atoms with Crippen molar-refractivity contribution in [3.05, 3.63) is 51.6 Å². The van der Waals surface area contributed by atoms with Gasteiger partial charge in [-0.05, 0) is 11.6 Å². The van der Waals surface area contributed by atoms with Gasteiger partial charge in [-0.1, -0.05) is 6.07 Å². The monoisotopic (exact) mass is 439 g/mol. The summed E-state index contributed by atoms with van der Waals surface area (Å²) in [6, 6.07) is 6.68. The second-order valence-corrected chi connectivity index (χ2v) is 8.19. The summed E-state index contributed by atoms with van der Waals surface area (Å²) in [6.45, 7) is 0. The van der Waals surface area contributed by atoms with Crippen molar-refractivity contribution in [2.24, 2.45) is 0 Å². The first kappa shape index (κ1) is 22.9. The summed E-state index contributed by atoms with van der Waals surface area (Å²) in [4.78, 5) is 23.2. The molecule has 0 unspecified atom stereocenters. The van der Waals surface area contributed by atoms with Gasteiger partial charge in [-0.3, -0.25) is 14.9 Å². The quantitative estimate of drug-likeness (QED) is 0.311. The molecule has 30 heavy (non-hydrogen) atoms. The topological polar surface area (TPSA) is 131 Å². The van der Waals surface area contributed by atoms with Crippen LogP contribution in [0.4, 0.5) is 5.69 Å². The molecule has 0 aromatic heterocycles. The molecular weight excluding hydrogens is 418 g/mol. The number of ether oxygens (including phenoxy) is 4. The fourth-order valence-corrected chi connectivity index (χ4v) is 4.16. The minimum atomic E-state index is -3.97. The zero-order valence-electron chi connectivity index (χ0n) is 16.8. The van der Waals surface area contributed by atoms with Gasteiger partial charge in [-0.2, -0.15) is 0 Å². The molecule has 0 aliphatic carbocycles. The van der Waals surface area contributed by atoms with Crippen LogP contribution in [0.5, 0.6) is 23.0 Å². The van der Waals surface area contributed by atoms with E-state index in [0.717, 1.165) is 6.07 Å². The Morgan fingerprint density at radius 2 is 1.50 bits per heavy atom. The SMILES string of the molecule is COc1cc(OC)c(C(=O)CS(=O)(=O)Cc2ccc(OC)c([N+](=O)[O-])c2)c(OC)c1. The lowest BCUT2D eigenvalue weighted by Gasteiger charge is -2.14. The third-order valence-electron chi connectivity index (χ3n) is 4.17. The Morgan fingerprint density at radius 3 is 1.97 bits per heavy atom. The number of hydrogen-bond acceptors (Lipinski definition) is 9. The number of nitro groups is 1. The van der Waals surface area contributed by atoms with E-state index >= 15 is 0 Å². The van der Waals surface area contributed by atoms with E-state index in [4.69, 9.17) is 18.9 Å². The van der Waals surface area contributed by atoms with Crippen molar-refractivity contribution >= 4 is 21.3 Å². The Kier molecular flexibility index (Phi) is 7.22. The summed E-state index contributed by atoms with van der Waals surface area (Å²) in [6.07, 6.45) is 0. The van der Waals surface area contributed by atoms with Crippen molar-refractivity contribution in [2.75, 3.05) is 34.2 Å². The molecule has 0 atom stereocenters.